The van der Waals surface area contributed by atoms with Crippen molar-refractivity contribution in [2.45, 2.75) is 223 Å². The molecule has 7 aliphatic heterocycles. The van der Waals surface area contributed by atoms with E-state index in [1.807, 2.05) is 12.5 Å². The molecule has 0 bridgehead atoms. The molecule has 0 amide bonds. The Labute approximate surface area is 441 Å². The second kappa shape index (κ2) is 34.7. The van der Waals surface area contributed by atoms with Crippen molar-refractivity contribution in [2.24, 2.45) is 0 Å². The van der Waals surface area contributed by atoms with Crippen molar-refractivity contribution in [1.82, 2.24) is 48.8 Å². The first kappa shape index (κ1) is 67.2. The van der Waals surface area contributed by atoms with E-state index in [9.17, 15) is 0 Å². The minimum atomic E-state index is 0.390. The Balaban J connectivity index is 0.000000401. The second-order valence-corrected chi connectivity index (χ2v) is 27.0. The lowest BCUT2D eigenvalue weighted by molar-refractivity contribution is 0.0238. The molecule has 70 heavy (non-hydrogen) atoms. The maximum Gasteiger partial charge on any atom is 0.0948 e. The number of ether oxygens (including phenoxy) is 1. The van der Waals surface area contributed by atoms with Crippen molar-refractivity contribution < 1.29 is 4.74 Å². The van der Waals surface area contributed by atoms with Crippen LogP contribution in [0.15, 0.2) is 18.7 Å². The maximum absolute atomic E-state index is 5.21. The Hall–Kier alpha value is -0.800. The number of aromatic nitrogens is 2. The van der Waals surface area contributed by atoms with Gasteiger partial charge in [0.05, 0.1) is 19.5 Å². The van der Waals surface area contributed by atoms with Crippen LogP contribution < -0.4 is 0 Å². The van der Waals surface area contributed by atoms with Crippen molar-refractivity contribution in [3.63, 3.8) is 0 Å². The van der Waals surface area contributed by atoms with Crippen molar-refractivity contribution in [1.29, 1.82) is 0 Å². The Kier molecular flexibility index (Phi) is 33.3. The number of piperidine rings is 1. The number of hydrogen-bond acceptors (Lipinski definition) is 11. The summed E-state index contributed by atoms with van der Waals surface area (Å²) >= 11 is 2.07. The summed E-state index contributed by atoms with van der Waals surface area (Å²) in [7, 11) is 2.19. The number of likely N-dealkylation sites (tertiary alicyclic amines) is 3. The van der Waals surface area contributed by atoms with Crippen LogP contribution in [0, 0.1) is 0 Å². The molecule has 12 heteroatoms. The Morgan fingerprint density at radius 1 is 0.400 bits per heavy atom. The molecule has 0 unspecified atom stereocenters. The first-order valence-corrected chi connectivity index (χ1v) is 29.7. The van der Waals surface area contributed by atoms with Gasteiger partial charge in [-0.05, 0) is 217 Å². The summed E-state index contributed by atoms with van der Waals surface area (Å²) in [5.41, 5.74) is 1.67. The fourth-order valence-electron chi connectivity index (χ4n) is 8.77. The SMILES string of the molecule is CC(C)(C)N1CC1.CC(C)(C)N1CCC1.CC(C)(C)N1CCCCC1.CC(C)(C)N1CCSCC1.CC(C)N1CCCC1.CC(C)N1CCN(C)CC1.CC(C)N1CCOCC1.CC(C)n1ccnc1. The first-order chi connectivity index (χ1) is 32.5. The van der Waals surface area contributed by atoms with Gasteiger partial charge in [-0.15, -0.1) is 0 Å². The Morgan fingerprint density at radius 3 is 1.00 bits per heavy atom. The van der Waals surface area contributed by atoms with E-state index in [0.717, 1.165) is 38.4 Å². The summed E-state index contributed by atoms with van der Waals surface area (Å²) in [5.74, 6) is 2.63. The number of thioether (sulfide) groups is 1. The summed E-state index contributed by atoms with van der Waals surface area (Å²) < 4.78 is 7.26. The number of nitrogens with zero attached hydrogens (tertiary/aromatic N) is 10. The van der Waals surface area contributed by atoms with Gasteiger partial charge in [0.25, 0.3) is 0 Å². The summed E-state index contributed by atoms with van der Waals surface area (Å²) in [6.45, 7) is 67.2. The van der Waals surface area contributed by atoms with Crippen LogP contribution in [0.2, 0.25) is 0 Å². The number of likely N-dealkylation sites (N-methyl/N-ethyl adjacent to an activating group) is 1. The molecule has 7 aliphatic rings. The van der Waals surface area contributed by atoms with Crippen LogP contribution in [0.4, 0.5) is 0 Å². The molecule has 8 heterocycles. The van der Waals surface area contributed by atoms with Crippen LogP contribution >= 0.6 is 11.8 Å². The van der Waals surface area contributed by atoms with Gasteiger partial charge in [0, 0.05) is 136 Å². The maximum atomic E-state index is 5.21. The van der Waals surface area contributed by atoms with Gasteiger partial charge in [0.2, 0.25) is 0 Å². The molecule has 0 spiro atoms. The number of hydrogen-bond donors (Lipinski definition) is 0. The summed E-state index contributed by atoms with van der Waals surface area (Å²) in [6.07, 6.45) is 14.0. The molecule has 416 valence electrons. The zero-order chi connectivity index (χ0) is 53.1. The predicted octanol–water partition coefficient (Wildman–Crippen LogP) is 11.0. The predicted molar refractivity (Wildman–Crippen MR) is 311 cm³/mol. The third-order valence-corrected chi connectivity index (χ3v) is 15.4. The number of rotatable bonds is 4. The summed E-state index contributed by atoms with van der Waals surface area (Å²) in [4.78, 5) is 23.9. The largest absolute Gasteiger partial charge is 0.379 e. The van der Waals surface area contributed by atoms with E-state index in [2.05, 4.69) is 206 Å². The lowest BCUT2D eigenvalue weighted by Gasteiger charge is -2.42. The smallest absolute Gasteiger partial charge is 0.0948 e. The lowest BCUT2D eigenvalue weighted by Crippen LogP contribution is -2.49. The van der Waals surface area contributed by atoms with Gasteiger partial charge in [-0.3, -0.25) is 29.4 Å². The quantitative estimate of drug-likeness (QED) is 0.271. The number of piperazine rings is 1. The third kappa shape index (κ3) is 31.8. The highest BCUT2D eigenvalue weighted by Crippen LogP contribution is 2.22. The van der Waals surface area contributed by atoms with Gasteiger partial charge in [0.15, 0.2) is 0 Å². The van der Waals surface area contributed by atoms with Crippen molar-refractivity contribution in [2.75, 3.05) is 136 Å². The van der Waals surface area contributed by atoms with Crippen molar-refractivity contribution in [3.8, 4) is 0 Å². The van der Waals surface area contributed by atoms with Crippen LogP contribution in [0.1, 0.15) is 183 Å². The van der Waals surface area contributed by atoms with Gasteiger partial charge < -0.3 is 19.1 Å². The zero-order valence-electron chi connectivity index (χ0n) is 50.7. The number of imidazole rings is 1. The van der Waals surface area contributed by atoms with Crippen LogP contribution in [0.25, 0.3) is 0 Å². The molecule has 1 aromatic rings. The van der Waals surface area contributed by atoms with Gasteiger partial charge in [0.1, 0.15) is 0 Å². The summed E-state index contributed by atoms with van der Waals surface area (Å²) in [5, 5.41) is 0. The van der Waals surface area contributed by atoms with Crippen LogP contribution in [-0.2, 0) is 4.74 Å². The highest BCUT2D eigenvalue weighted by atomic mass is 32.2. The monoisotopic (exact) mass is 1010 g/mol. The fourth-order valence-corrected chi connectivity index (χ4v) is 9.67. The van der Waals surface area contributed by atoms with Crippen LogP contribution in [0.5, 0.6) is 0 Å². The molecule has 0 radical (unpaired) electrons. The van der Waals surface area contributed by atoms with E-state index >= 15 is 0 Å². The van der Waals surface area contributed by atoms with E-state index in [1.54, 1.807) is 6.20 Å². The lowest BCUT2D eigenvalue weighted by atomic mass is 10.0. The van der Waals surface area contributed by atoms with E-state index in [-0.39, 0.29) is 0 Å². The number of morpholine rings is 1. The van der Waals surface area contributed by atoms with Gasteiger partial charge in [-0.2, -0.15) is 11.8 Å². The zero-order valence-corrected chi connectivity index (χ0v) is 51.5. The van der Waals surface area contributed by atoms with Gasteiger partial charge in [-0.1, -0.05) is 6.42 Å². The van der Waals surface area contributed by atoms with Gasteiger partial charge >= 0.3 is 0 Å². The van der Waals surface area contributed by atoms with E-state index in [1.165, 1.54) is 142 Å². The molecule has 0 N–H and O–H groups in total. The molecule has 0 aliphatic carbocycles. The molecule has 11 nitrogen and oxygen atoms in total. The first-order valence-electron chi connectivity index (χ1n) is 28.6. The van der Waals surface area contributed by atoms with E-state index in [4.69, 9.17) is 4.74 Å². The molecule has 8 rings (SSSR count). The molecular weight excluding hydrogens is 885 g/mol. The van der Waals surface area contributed by atoms with Gasteiger partial charge in [-0.25, -0.2) is 4.98 Å². The normalized spacial score (nSPS) is 21.7. The fraction of sp³-hybridized carbons (Fsp3) is 0.948. The van der Waals surface area contributed by atoms with E-state index < -0.39 is 0 Å². The molecular formula is C58H122N10OS. The summed E-state index contributed by atoms with van der Waals surface area (Å²) in [6, 6.07) is 2.73. The van der Waals surface area contributed by atoms with E-state index in [0.29, 0.717) is 34.2 Å². The standard InChI is InChI=1S/C9H19N.C8H18N2.C8H17NS.C7H15NO.2C7H15N.C6H10N2.C6H13N/c1-9(2,3)10-7-5-4-6-8-10;1-8(2)10-6-4-9(3)5-7-10;1-8(2,3)9-4-6-10-7-5-9;1-7(2)8-3-5-9-6-4-8;1-7(2,3)8-5-4-6-8;1-7(2)8-5-3-4-6-8;1-6(2)8-4-3-7-5-8;1-6(2,3)7-4-5-7/h4-8H2,1-3H3;8H,4-7H2,1-3H3;4-7H2,1-3H3;7H,3-6H2,1-2H3;4-6H2,1-3H3;7H,3-6H2,1-2H3;3-6H,1-2H3;4-5H2,1-3H3. The highest BCUT2D eigenvalue weighted by molar-refractivity contribution is 7.99. The molecule has 7 fully saturated rings. The molecule has 0 saturated carbocycles. The topological polar surface area (TPSA) is 52.7 Å². The molecule has 0 aromatic carbocycles. The second-order valence-electron chi connectivity index (χ2n) is 25.8. The average molecular weight is 1010 g/mol. The minimum absolute atomic E-state index is 0.390. The Bertz CT molecular complexity index is 1310. The van der Waals surface area contributed by atoms with Crippen molar-refractivity contribution in [3.05, 3.63) is 18.7 Å². The molecule has 0 atom stereocenters. The minimum Gasteiger partial charge on any atom is -0.379 e. The van der Waals surface area contributed by atoms with Crippen LogP contribution in [-0.4, -0.2) is 226 Å². The van der Waals surface area contributed by atoms with Crippen LogP contribution in [0.3, 0.4) is 0 Å². The average Bonchev–Trinajstić information content (AvgIpc) is 3.72. The highest BCUT2D eigenvalue weighted by Gasteiger charge is 2.30. The van der Waals surface area contributed by atoms with Crippen molar-refractivity contribution >= 4 is 11.8 Å². The Morgan fingerprint density at radius 2 is 0.757 bits per heavy atom. The molecule has 7 saturated heterocycles. The molecule has 1 aromatic heterocycles. The third-order valence-electron chi connectivity index (χ3n) is 14.5.